The van der Waals surface area contributed by atoms with E-state index in [1.54, 1.807) is 6.20 Å². The third-order valence-corrected chi connectivity index (χ3v) is 5.76. The number of hydrogen-bond acceptors (Lipinski definition) is 5. The smallest absolute Gasteiger partial charge is 0.399 e. The molecule has 4 rings (SSSR count). The average Bonchev–Trinajstić information content (AvgIpc) is 2.76. The number of rotatable bonds is 1. The Hall–Kier alpha value is -1.76. The molecule has 5 nitrogen and oxygen atoms in total. The minimum absolute atomic E-state index is 0.426. The van der Waals surface area contributed by atoms with Crippen molar-refractivity contribution < 1.29 is 9.31 Å². The summed E-state index contributed by atoms with van der Waals surface area (Å²) < 4.78 is 12.5. The zero-order valence-electron chi connectivity index (χ0n) is 15.8. The van der Waals surface area contributed by atoms with Crippen molar-refractivity contribution in [3.63, 3.8) is 0 Å². The van der Waals surface area contributed by atoms with E-state index in [9.17, 15) is 0 Å². The van der Waals surface area contributed by atoms with Crippen molar-refractivity contribution in [1.29, 1.82) is 0 Å². The predicted molar refractivity (Wildman–Crippen MR) is 105 cm³/mol. The Labute approximate surface area is 158 Å². The zero-order chi connectivity index (χ0) is 18.9. The molecule has 1 aliphatic rings. The molecular weight excluding hydrogens is 348 g/mol. The van der Waals surface area contributed by atoms with E-state index >= 15 is 0 Å². The number of pyridine rings is 1. The molecule has 134 valence electrons. The van der Waals surface area contributed by atoms with Crippen LogP contribution in [0, 0.1) is 13.8 Å². The summed E-state index contributed by atoms with van der Waals surface area (Å²) in [7, 11) is -0.515. The monoisotopic (exact) mass is 369 g/mol. The third-order valence-electron chi connectivity index (χ3n) is 5.56. The summed E-state index contributed by atoms with van der Waals surface area (Å²) in [5.41, 5.74) is 3.36. The van der Waals surface area contributed by atoms with Crippen LogP contribution in [0.2, 0.25) is 5.15 Å². The number of aromatic nitrogens is 3. The van der Waals surface area contributed by atoms with Gasteiger partial charge in [-0.1, -0.05) is 17.7 Å². The molecule has 0 radical (unpaired) electrons. The number of benzene rings is 1. The summed E-state index contributed by atoms with van der Waals surface area (Å²) in [6, 6.07) is 3.85. The normalized spacial score (nSPS) is 18.8. The molecule has 3 heterocycles. The van der Waals surface area contributed by atoms with Gasteiger partial charge in [-0.15, -0.1) is 0 Å². The molecule has 0 atom stereocenters. The first-order valence-corrected chi connectivity index (χ1v) is 9.05. The van der Waals surface area contributed by atoms with E-state index in [4.69, 9.17) is 30.9 Å². The van der Waals surface area contributed by atoms with Gasteiger partial charge < -0.3 is 9.31 Å². The van der Waals surface area contributed by atoms with Gasteiger partial charge in [-0.3, -0.25) is 0 Å². The lowest BCUT2D eigenvalue weighted by Gasteiger charge is -2.32. The highest BCUT2D eigenvalue weighted by atomic mass is 35.5. The summed E-state index contributed by atoms with van der Waals surface area (Å²) >= 11 is 6.12. The van der Waals surface area contributed by atoms with E-state index in [0.717, 1.165) is 38.7 Å². The molecule has 1 fully saturated rings. The van der Waals surface area contributed by atoms with Crippen LogP contribution in [-0.2, 0) is 9.31 Å². The van der Waals surface area contributed by atoms with E-state index in [1.165, 1.54) is 0 Å². The van der Waals surface area contributed by atoms with Crippen molar-refractivity contribution >= 4 is 46.0 Å². The SMILES string of the molecule is Cc1nc2c(B3OC(C)(C)C(C)(C)O3)cc3cnc(Cl)cc3c2nc1C. The Kier molecular flexibility index (Phi) is 3.81. The lowest BCUT2D eigenvalue weighted by Crippen LogP contribution is -2.41. The Bertz CT molecular complexity index is 1040. The van der Waals surface area contributed by atoms with E-state index in [2.05, 4.69) is 4.98 Å². The van der Waals surface area contributed by atoms with Crippen molar-refractivity contribution in [3.8, 4) is 0 Å². The van der Waals surface area contributed by atoms with Crippen molar-refractivity contribution in [1.82, 2.24) is 15.0 Å². The van der Waals surface area contributed by atoms with Gasteiger partial charge in [0.25, 0.3) is 0 Å². The lowest BCUT2D eigenvalue weighted by molar-refractivity contribution is 0.00578. The van der Waals surface area contributed by atoms with Crippen LogP contribution in [0.1, 0.15) is 39.1 Å². The molecule has 0 spiro atoms. The average molecular weight is 370 g/mol. The fraction of sp³-hybridized carbons (Fsp3) is 0.421. The maximum absolute atomic E-state index is 6.26. The molecule has 1 aromatic carbocycles. The standard InChI is InChI=1S/C19H21BClN3O2/c1-10-11(2)24-17-14(20-25-18(3,4)19(5,6)26-20)7-12-9-22-15(21)8-13(12)16(17)23-10/h7-9H,1-6H3. The molecule has 0 amide bonds. The van der Waals surface area contributed by atoms with Gasteiger partial charge in [-0.05, 0) is 47.6 Å². The van der Waals surface area contributed by atoms with Crippen LogP contribution >= 0.6 is 11.6 Å². The summed E-state index contributed by atoms with van der Waals surface area (Å²) in [5, 5.41) is 2.29. The number of halogens is 1. The van der Waals surface area contributed by atoms with Crippen molar-refractivity contribution in [3.05, 3.63) is 34.9 Å². The van der Waals surface area contributed by atoms with Crippen LogP contribution in [-0.4, -0.2) is 33.3 Å². The number of aryl methyl sites for hydroxylation is 2. The molecule has 26 heavy (non-hydrogen) atoms. The van der Waals surface area contributed by atoms with E-state index in [1.807, 2.05) is 53.7 Å². The van der Waals surface area contributed by atoms with Gasteiger partial charge in [0.1, 0.15) is 5.15 Å². The summed E-state index contributed by atoms with van der Waals surface area (Å²) in [6.07, 6.45) is 1.75. The second kappa shape index (κ2) is 5.62. The highest BCUT2D eigenvalue weighted by Gasteiger charge is 2.52. The van der Waals surface area contributed by atoms with Crippen LogP contribution in [0.15, 0.2) is 18.3 Å². The molecule has 7 heteroatoms. The van der Waals surface area contributed by atoms with Gasteiger partial charge in [0.15, 0.2) is 0 Å². The first-order valence-electron chi connectivity index (χ1n) is 8.68. The molecule has 0 saturated carbocycles. The molecule has 0 bridgehead atoms. The Morgan fingerprint density at radius 2 is 1.50 bits per heavy atom. The molecule has 0 unspecified atom stereocenters. The van der Waals surface area contributed by atoms with E-state index in [-0.39, 0.29) is 0 Å². The molecule has 0 N–H and O–H groups in total. The van der Waals surface area contributed by atoms with Crippen molar-refractivity contribution in [2.75, 3.05) is 0 Å². The minimum Gasteiger partial charge on any atom is -0.399 e. The second-order valence-corrected chi connectivity index (χ2v) is 8.26. The molecule has 1 saturated heterocycles. The number of fused-ring (bicyclic) bond motifs is 3. The predicted octanol–water partition coefficient (Wildman–Crippen LogP) is 3.75. The van der Waals surface area contributed by atoms with Crippen LogP contribution in [0.5, 0.6) is 0 Å². The van der Waals surface area contributed by atoms with Gasteiger partial charge in [0.05, 0.1) is 33.6 Å². The van der Waals surface area contributed by atoms with Gasteiger partial charge in [0.2, 0.25) is 0 Å². The van der Waals surface area contributed by atoms with Crippen LogP contribution in [0.4, 0.5) is 0 Å². The Morgan fingerprint density at radius 3 is 2.12 bits per heavy atom. The maximum atomic E-state index is 6.26. The van der Waals surface area contributed by atoms with Crippen molar-refractivity contribution in [2.45, 2.75) is 52.7 Å². The molecule has 3 aromatic rings. The minimum atomic E-state index is -0.515. The zero-order valence-corrected chi connectivity index (χ0v) is 16.6. The van der Waals surface area contributed by atoms with E-state index in [0.29, 0.717) is 5.15 Å². The Balaban J connectivity index is 2.03. The quantitative estimate of drug-likeness (QED) is 0.371. The topological polar surface area (TPSA) is 57.1 Å². The molecule has 1 aliphatic heterocycles. The molecule has 0 aliphatic carbocycles. The summed E-state index contributed by atoms with van der Waals surface area (Å²) in [5.74, 6) is 0. The van der Waals surface area contributed by atoms with E-state index < -0.39 is 18.3 Å². The molecular formula is C19H21BClN3O2. The first kappa shape index (κ1) is 17.6. The highest BCUT2D eigenvalue weighted by molar-refractivity contribution is 6.65. The van der Waals surface area contributed by atoms with Crippen LogP contribution in [0.3, 0.4) is 0 Å². The molecule has 2 aromatic heterocycles. The van der Waals surface area contributed by atoms with Crippen LogP contribution < -0.4 is 5.46 Å². The number of nitrogens with zero attached hydrogens (tertiary/aromatic N) is 3. The maximum Gasteiger partial charge on any atom is 0.497 e. The first-order chi connectivity index (χ1) is 12.1. The fourth-order valence-electron chi connectivity index (χ4n) is 3.14. The highest BCUT2D eigenvalue weighted by Crippen LogP contribution is 2.37. The second-order valence-electron chi connectivity index (χ2n) is 7.87. The van der Waals surface area contributed by atoms with Gasteiger partial charge in [0, 0.05) is 22.4 Å². The van der Waals surface area contributed by atoms with Crippen molar-refractivity contribution in [2.24, 2.45) is 0 Å². The van der Waals surface area contributed by atoms with Crippen LogP contribution in [0.25, 0.3) is 21.8 Å². The Morgan fingerprint density at radius 1 is 0.923 bits per heavy atom. The third kappa shape index (κ3) is 2.59. The summed E-state index contributed by atoms with van der Waals surface area (Å²) in [4.78, 5) is 13.8. The number of hydrogen-bond donors (Lipinski definition) is 0. The van der Waals surface area contributed by atoms with Gasteiger partial charge in [-0.25, -0.2) is 15.0 Å². The fourth-order valence-corrected chi connectivity index (χ4v) is 3.30. The van der Waals surface area contributed by atoms with Gasteiger partial charge >= 0.3 is 7.12 Å². The lowest BCUT2D eigenvalue weighted by atomic mass is 9.77. The largest absolute Gasteiger partial charge is 0.497 e. The van der Waals surface area contributed by atoms with Gasteiger partial charge in [-0.2, -0.15) is 0 Å². The summed E-state index contributed by atoms with van der Waals surface area (Å²) in [6.45, 7) is 12.1.